The number of halogens is 3. The molecule has 1 fully saturated rings. The minimum atomic E-state index is -2.91. The van der Waals surface area contributed by atoms with Crippen molar-refractivity contribution in [2.24, 2.45) is 11.1 Å². The third-order valence-electron chi connectivity index (χ3n) is 4.90. The van der Waals surface area contributed by atoms with Crippen molar-refractivity contribution in [3.05, 3.63) is 23.8 Å². The lowest BCUT2D eigenvalue weighted by Crippen LogP contribution is -2.38. The second kappa shape index (κ2) is 11.3. The third kappa shape index (κ3) is 7.14. The van der Waals surface area contributed by atoms with Gasteiger partial charge < -0.3 is 20.5 Å². The van der Waals surface area contributed by atoms with E-state index in [0.717, 1.165) is 31.2 Å². The molecule has 1 amide bonds. The lowest BCUT2D eigenvalue weighted by atomic mass is 9.71. The molecule has 5 nitrogen and oxygen atoms in total. The van der Waals surface area contributed by atoms with Crippen molar-refractivity contribution in [2.45, 2.75) is 58.6 Å². The van der Waals surface area contributed by atoms with Crippen LogP contribution in [0.3, 0.4) is 0 Å². The van der Waals surface area contributed by atoms with Crippen LogP contribution in [0.25, 0.3) is 0 Å². The molecule has 0 heterocycles. The van der Waals surface area contributed by atoms with Gasteiger partial charge in [0.05, 0.1) is 6.61 Å². The van der Waals surface area contributed by atoms with Crippen molar-refractivity contribution in [1.82, 2.24) is 5.32 Å². The van der Waals surface area contributed by atoms with E-state index in [0.29, 0.717) is 26.1 Å². The van der Waals surface area contributed by atoms with Crippen LogP contribution in [0, 0.1) is 5.41 Å². The van der Waals surface area contributed by atoms with E-state index in [-0.39, 0.29) is 35.2 Å². The Morgan fingerprint density at radius 3 is 2.56 bits per heavy atom. The normalized spacial score (nSPS) is 15.7. The summed E-state index contributed by atoms with van der Waals surface area (Å²) in [6.45, 7) is -0.00289. The zero-order valence-electron chi connectivity index (χ0n) is 15.6. The molecule has 0 atom stereocenters. The number of alkyl halides is 2. The minimum absolute atomic E-state index is 0. The molecule has 0 aliphatic heterocycles. The van der Waals surface area contributed by atoms with Crippen LogP contribution in [0.5, 0.6) is 11.5 Å². The van der Waals surface area contributed by atoms with E-state index in [1.807, 2.05) is 0 Å². The summed E-state index contributed by atoms with van der Waals surface area (Å²) in [6.07, 6.45) is 5.85. The molecular formula is C19H29ClF2N2O3. The van der Waals surface area contributed by atoms with E-state index in [9.17, 15) is 13.6 Å². The van der Waals surface area contributed by atoms with E-state index in [2.05, 4.69) is 10.1 Å². The Hall–Kier alpha value is -1.60. The standard InChI is InChI=1S/C19H28F2N2O3.ClH/c1-2-25-16-10-14(6-7-15(16)26-18(20)21)12-23-17(24)11-19(13-22)8-4-3-5-9-19;/h6-7,10,18H,2-5,8-9,11-13,22H2,1H3,(H,23,24);1H. The maximum absolute atomic E-state index is 12.4. The van der Waals surface area contributed by atoms with Gasteiger partial charge in [-0.25, -0.2) is 0 Å². The fourth-order valence-electron chi connectivity index (χ4n) is 3.48. The van der Waals surface area contributed by atoms with Crippen molar-refractivity contribution in [2.75, 3.05) is 13.2 Å². The Labute approximate surface area is 165 Å². The molecule has 0 radical (unpaired) electrons. The number of hydrogen-bond acceptors (Lipinski definition) is 4. The van der Waals surface area contributed by atoms with Crippen molar-refractivity contribution in [3.63, 3.8) is 0 Å². The highest BCUT2D eigenvalue weighted by atomic mass is 35.5. The minimum Gasteiger partial charge on any atom is -0.490 e. The molecule has 1 aromatic rings. The van der Waals surface area contributed by atoms with Gasteiger partial charge in [0.15, 0.2) is 11.5 Å². The molecule has 0 aromatic heterocycles. The molecule has 154 valence electrons. The Morgan fingerprint density at radius 1 is 1.26 bits per heavy atom. The summed E-state index contributed by atoms with van der Waals surface area (Å²) in [5, 5.41) is 2.90. The van der Waals surface area contributed by atoms with Crippen molar-refractivity contribution >= 4 is 18.3 Å². The Balaban J connectivity index is 0.00000364. The van der Waals surface area contributed by atoms with Gasteiger partial charge >= 0.3 is 6.61 Å². The van der Waals surface area contributed by atoms with Crippen molar-refractivity contribution < 1.29 is 23.0 Å². The highest BCUT2D eigenvalue weighted by molar-refractivity contribution is 5.85. The summed E-state index contributed by atoms with van der Waals surface area (Å²) in [5.74, 6) is 0.190. The average Bonchev–Trinajstić information content (AvgIpc) is 2.62. The van der Waals surface area contributed by atoms with Crippen LogP contribution in [0.1, 0.15) is 51.0 Å². The van der Waals surface area contributed by atoms with Gasteiger partial charge in [-0.3, -0.25) is 4.79 Å². The van der Waals surface area contributed by atoms with E-state index >= 15 is 0 Å². The zero-order valence-corrected chi connectivity index (χ0v) is 16.5. The van der Waals surface area contributed by atoms with Crippen LogP contribution in [-0.2, 0) is 11.3 Å². The van der Waals surface area contributed by atoms with Crippen molar-refractivity contribution in [1.29, 1.82) is 0 Å². The number of amides is 1. The fraction of sp³-hybridized carbons (Fsp3) is 0.632. The Morgan fingerprint density at radius 2 is 1.96 bits per heavy atom. The lowest BCUT2D eigenvalue weighted by molar-refractivity contribution is -0.124. The summed E-state index contributed by atoms with van der Waals surface area (Å²) in [5.41, 5.74) is 6.60. The first-order valence-corrected chi connectivity index (χ1v) is 9.15. The van der Waals surface area contributed by atoms with E-state index < -0.39 is 6.61 Å². The van der Waals surface area contributed by atoms with E-state index in [1.165, 1.54) is 12.5 Å². The van der Waals surface area contributed by atoms with Crippen LogP contribution < -0.4 is 20.5 Å². The average molecular weight is 407 g/mol. The van der Waals surface area contributed by atoms with Gasteiger partial charge in [-0.05, 0) is 49.4 Å². The second-order valence-corrected chi connectivity index (χ2v) is 6.81. The highest BCUT2D eigenvalue weighted by Crippen LogP contribution is 2.38. The zero-order chi connectivity index (χ0) is 19.0. The van der Waals surface area contributed by atoms with Crippen LogP contribution in [0.15, 0.2) is 18.2 Å². The maximum Gasteiger partial charge on any atom is 0.387 e. The predicted octanol–water partition coefficient (Wildman–Crippen LogP) is 4.02. The monoisotopic (exact) mass is 406 g/mol. The summed E-state index contributed by atoms with van der Waals surface area (Å²) >= 11 is 0. The molecule has 8 heteroatoms. The number of nitrogens with one attached hydrogen (secondary N) is 1. The van der Waals surface area contributed by atoms with Gasteiger partial charge in [0.25, 0.3) is 0 Å². The molecule has 2 rings (SSSR count). The Kier molecular flexibility index (Phi) is 9.80. The van der Waals surface area contributed by atoms with Gasteiger partial charge in [0.2, 0.25) is 5.91 Å². The SMILES string of the molecule is CCOc1cc(CNC(=O)CC2(CN)CCCCC2)ccc1OC(F)F.Cl. The van der Waals surface area contributed by atoms with Crippen LogP contribution in [-0.4, -0.2) is 25.7 Å². The lowest BCUT2D eigenvalue weighted by Gasteiger charge is -2.35. The van der Waals surface area contributed by atoms with Gasteiger partial charge in [-0.2, -0.15) is 8.78 Å². The largest absolute Gasteiger partial charge is 0.490 e. The van der Waals surface area contributed by atoms with E-state index in [4.69, 9.17) is 10.5 Å². The first kappa shape index (κ1) is 23.4. The maximum atomic E-state index is 12.4. The van der Waals surface area contributed by atoms with E-state index in [1.54, 1.807) is 19.1 Å². The molecule has 3 N–H and O–H groups in total. The van der Waals surface area contributed by atoms with Crippen molar-refractivity contribution in [3.8, 4) is 11.5 Å². The molecular weight excluding hydrogens is 378 g/mol. The molecule has 1 aliphatic carbocycles. The van der Waals surface area contributed by atoms with Gasteiger partial charge in [-0.1, -0.05) is 25.3 Å². The quantitative estimate of drug-likeness (QED) is 0.649. The van der Waals surface area contributed by atoms with Crippen LogP contribution in [0.2, 0.25) is 0 Å². The second-order valence-electron chi connectivity index (χ2n) is 6.81. The first-order valence-electron chi connectivity index (χ1n) is 9.15. The molecule has 0 spiro atoms. The smallest absolute Gasteiger partial charge is 0.387 e. The number of hydrogen-bond donors (Lipinski definition) is 2. The number of carbonyl (C=O) groups is 1. The third-order valence-corrected chi connectivity index (χ3v) is 4.90. The highest BCUT2D eigenvalue weighted by Gasteiger charge is 2.32. The summed E-state index contributed by atoms with van der Waals surface area (Å²) < 4.78 is 34.7. The van der Waals surface area contributed by atoms with Crippen LogP contribution >= 0.6 is 12.4 Å². The number of benzene rings is 1. The number of rotatable bonds is 9. The first-order chi connectivity index (χ1) is 12.5. The predicted molar refractivity (Wildman–Crippen MR) is 103 cm³/mol. The number of nitrogens with two attached hydrogens (primary N) is 1. The number of ether oxygens (including phenoxy) is 2. The summed E-state index contributed by atoms with van der Waals surface area (Å²) in [7, 11) is 0. The van der Waals surface area contributed by atoms with Gasteiger partial charge in [0.1, 0.15) is 0 Å². The molecule has 1 aliphatic rings. The summed E-state index contributed by atoms with van der Waals surface area (Å²) in [6, 6.07) is 4.68. The Bertz CT molecular complexity index is 596. The van der Waals surface area contributed by atoms with Gasteiger partial charge in [-0.15, -0.1) is 12.4 Å². The fourth-order valence-corrected chi connectivity index (χ4v) is 3.48. The molecule has 1 saturated carbocycles. The molecule has 27 heavy (non-hydrogen) atoms. The molecule has 0 saturated heterocycles. The van der Waals surface area contributed by atoms with Crippen LogP contribution in [0.4, 0.5) is 8.78 Å². The molecule has 1 aromatic carbocycles. The summed E-state index contributed by atoms with van der Waals surface area (Å²) in [4.78, 5) is 12.3. The molecule has 0 bridgehead atoms. The molecule has 0 unspecified atom stereocenters. The topological polar surface area (TPSA) is 73.6 Å². The van der Waals surface area contributed by atoms with Gasteiger partial charge in [0, 0.05) is 13.0 Å². The number of carbonyl (C=O) groups excluding carboxylic acids is 1.